The number of carbonyl (C=O) groups is 2. The number of para-hydroxylation sites is 2. The van der Waals surface area contributed by atoms with Crippen molar-refractivity contribution in [3.63, 3.8) is 0 Å². The van der Waals surface area contributed by atoms with Gasteiger partial charge in [0.15, 0.2) is 17.6 Å². The van der Waals surface area contributed by atoms with Crippen LogP contribution in [0.3, 0.4) is 0 Å². The molecule has 2 aliphatic heterocycles. The van der Waals surface area contributed by atoms with E-state index in [4.69, 9.17) is 14.3 Å². The predicted molar refractivity (Wildman–Crippen MR) is 150 cm³/mol. The molecule has 0 N–H and O–H groups in total. The van der Waals surface area contributed by atoms with Gasteiger partial charge in [-0.1, -0.05) is 82.7 Å². The van der Waals surface area contributed by atoms with Crippen molar-refractivity contribution in [1.29, 1.82) is 0 Å². The maximum atomic E-state index is 13.9. The van der Waals surface area contributed by atoms with Gasteiger partial charge in [0, 0.05) is 4.47 Å². The Morgan fingerprint density at radius 3 is 2.05 bits per heavy atom. The molecule has 0 bridgehead atoms. The van der Waals surface area contributed by atoms with Crippen molar-refractivity contribution in [1.82, 2.24) is 0 Å². The molecule has 0 aromatic heterocycles. The van der Waals surface area contributed by atoms with E-state index in [0.717, 1.165) is 16.8 Å². The van der Waals surface area contributed by atoms with Gasteiger partial charge in [-0.15, -0.1) is 0 Å². The summed E-state index contributed by atoms with van der Waals surface area (Å²) in [6.45, 7) is 0.370. The predicted octanol–water partition coefficient (Wildman–Crippen LogP) is 6.09. The first-order valence-corrected chi connectivity index (χ1v) is 13.3. The highest BCUT2D eigenvalue weighted by Crippen LogP contribution is 2.50. The zero-order valence-electron chi connectivity index (χ0n) is 21.1. The van der Waals surface area contributed by atoms with Crippen LogP contribution in [-0.2, 0) is 21.0 Å². The minimum atomic E-state index is -0.963. The van der Waals surface area contributed by atoms with Gasteiger partial charge >= 0.3 is 0 Å². The number of imide groups is 1. The van der Waals surface area contributed by atoms with Crippen LogP contribution in [-0.4, -0.2) is 25.0 Å². The van der Waals surface area contributed by atoms with E-state index in [2.05, 4.69) is 15.9 Å². The Balaban J connectivity index is 1.40. The molecule has 3 atom stereocenters. The summed E-state index contributed by atoms with van der Waals surface area (Å²) in [6.07, 6.45) is -0.963. The average molecular weight is 585 g/mol. The third-order valence-corrected chi connectivity index (χ3v) is 7.67. The van der Waals surface area contributed by atoms with Crippen LogP contribution < -0.4 is 19.4 Å². The first kappa shape index (κ1) is 25.2. The molecule has 0 saturated carbocycles. The van der Waals surface area contributed by atoms with Crippen molar-refractivity contribution in [2.45, 2.75) is 18.8 Å². The zero-order valence-corrected chi connectivity index (χ0v) is 22.7. The van der Waals surface area contributed by atoms with E-state index in [0.29, 0.717) is 28.3 Å². The number of ether oxygens (including phenoxy) is 2. The number of amides is 2. The fourth-order valence-electron chi connectivity index (χ4n) is 5.15. The summed E-state index contributed by atoms with van der Waals surface area (Å²) < 4.78 is 12.5. The molecule has 2 fully saturated rings. The monoisotopic (exact) mass is 584 g/mol. The van der Waals surface area contributed by atoms with Crippen molar-refractivity contribution >= 4 is 39.1 Å². The van der Waals surface area contributed by atoms with E-state index >= 15 is 0 Å². The van der Waals surface area contributed by atoms with Gasteiger partial charge in [0.25, 0.3) is 5.91 Å². The van der Waals surface area contributed by atoms with Gasteiger partial charge in [-0.2, -0.15) is 0 Å². The number of carbonyl (C=O) groups excluding carboxylic acids is 2. The molecule has 2 saturated heterocycles. The molecule has 8 heteroatoms. The SMILES string of the molecule is COc1cc([C@@H]2[C@@H]3C(=O)N(c4ccccc4)C(=O)[C@H]3ON2c2ccccc2)c(Br)cc1OCc1ccccc1. The van der Waals surface area contributed by atoms with Gasteiger partial charge in [-0.3, -0.25) is 14.4 Å². The summed E-state index contributed by atoms with van der Waals surface area (Å²) in [7, 11) is 1.58. The van der Waals surface area contributed by atoms with Crippen LogP contribution in [0.4, 0.5) is 11.4 Å². The normalized spacial score (nSPS) is 20.3. The van der Waals surface area contributed by atoms with Crippen molar-refractivity contribution in [2.24, 2.45) is 5.92 Å². The number of halogens is 1. The smallest absolute Gasteiger partial charge is 0.266 e. The Labute approximate surface area is 234 Å². The molecule has 2 amide bonds. The maximum absolute atomic E-state index is 13.9. The Morgan fingerprint density at radius 1 is 0.795 bits per heavy atom. The topological polar surface area (TPSA) is 68.3 Å². The summed E-state index contributed by atoms with van der Waals surface area (Å²) in [4.78, 5) is 34.9. The molecule has 6 rings (SSSR count). The number of hydrogen-bond acceptors (Lipinski definition) is 6. The second-order valence-corrected chi connectivity index (χ2v) is 10.2. The van der Waals surface area contributed by atoms with Crippen molar-refractivity contribution < 1.29 is 23.9 Å². The van der Waals surface area contributed by atoms with Crippen molar-refractivity contribution in [3.05, 3.63) is 119 Å². The Hall–Kier alpha value is -4.14. The Kier molecular flexibility index (Phi) is 6.81. The second-order valence-electron chi connectivity index (χ2n) is 9.30. The molecule has 2 aliphatic rings. The molecular weight excluding hydrogens is 560 g/mol. The number of hydrogen-bond donors (Lipinski definition) is 0. The fourth-order valence-corrected chi connectivity index (χ4v) is 5.70. The number of anilines is 2. The molecule has 4 aromatic carbocycles. The van der Waals surface area contributed by atoms with Crippen LogP contribution in [0.5, 0.6) is 11.5 Å². The summed E-state index contributed by atoms with van der Waals surface area (Å²) in [5.74, 6) is -0.397. The number of methoxy groups -OCH3 is 1. The lowest BCUT2D eigenvalue weighted by atomic mass is 9.90. The van der Waals surface area contributed by atoms with Crippen LogP contribution in [0, 0.1) is 5.92 Å². The number of benzene rings is 4. The Morgan fingerprint density at radius 2 is 1.41 bits per heavy atom. The highest BCUT2D eigenvalue weighted by atomic mass is 79.9. The van der Waals surface area contributed by atoms with Gasteiger partial charge < -0.3 is 9.47 Å². The number of hydroxylamine groups is 1. The average Bonchev–Trinajstić information content (AvgIpc) is 3.48. The molecule has 4 aromatic rings. The fraction of sp³-hybridized carbons (Fsp3) is 0.161. The molecule has 39 heavy (non-hydrogen) atoms. The van der Waals surface area contributed by atoms with E-state index < -0.39 is 18.1 Å². The first-order chi connectivity index (χ1) is 19.1. The van der Waals surface area contributed by atoms with E-state index in [1.165, 1.54) is 4.90 Å². The lowest BCUT2D eigenvalue weighted by Crippen LogP contribution is -2.37. The summed E-state index contributed by atoms with van der Waals surface area (Å²) in [5.41, 5.74) is 3.03. The summed E-state index contributed by atoms with van der Waals surface area (Å²) >= 11 is 3.71. The van der Waals surface area contributed by atoms with Gasteiger partial charge in [0.1, 0.15) is 12.5 Å². The second kappa shape index (κ2) is 10.6. The van der Waals surface area contributed by atoms with Crippen LogP contribution >= 0.6 is 15.9 Å². The van der Waals surface area contributed by atoms with Crippen LogP contribution in [0.25, 0.3) is 0 Å². The highest BCUT2D eigenvalue weighted by molar-refractivity contribution is 9.10. The van der Waals surface area contributed by atoms with Gasteiger partial charge in [0.2, 0.25) is 5.91 Å². The largest absolute Gasteiger partial charge is 0.493 e. The molecule has 7 nitrogen and oxygen atoms in total. The van der Waals surface area contributed by atoms with Crippen molar-refractivity contribution in [2.75, 3.05) is 17.1 Å². The molecular formula is C31H25BrN2O5. The number of rotatable bonds is 7. The van der Waals surface area contributed by atoms with E-state index in [-0.39, 0.29) is 11.8 Å². The number of fused-ring (bicyclic) bond motifs is 1. The van der Waals surface area contributed by atoms with Crippen LogP contribution in [0.15, 0.2) is 108 Å². The minimum Gasteiger partial charge on any atom is -0.493 e. The standard InChI is InChI=1S/C31H25BrN2O5/c1-37-25-17-23(24(32)18-26(25)38-19-20-11-5-2-6-12-20)28-27-29(39-34(28)22-15-9-4-10-16-22)31(36)33(30(27)35)21-13-7-3-8-14-21/h2-18,27-29H,19H2,1H3/t27-,28+,29-/m0/s1. The van der Waals surface area contributed by atoms with Crippen LogP contribution in [0.2, 0.25) is 0 Å². The number of nitrogens with zero attached hydrogens (tertiary/aromatic N) is 2. The minimum absolute atomic E-state index is 0.310. The summed E-state index contributed by atoms with van der Waals surface area (Å²) in [6, 6.07) is 31.3. The van der Waals surface area contributed by atoms with Crippen molar-refractivity contribution in [3.8, 4) is 11.5 Å². The highest BCUT2D eigenvalue weighted by Gasteiger charge is 2.60. The molecule has 0 spiro atoms. The third-order valence-electron chi connectivity index (χ3n) is 6.98. The van der Waals surface area contributed by atoms with E-state index in [9.17, 15) is 9.59 Å². The first-order valence-electron chi connectivity index (χ1n) is 12.5. The van der Waals surface area contributed by atoms with Gasteiger partial charge in [-0.25, -0.2) is 9.96 Å². The molecule has 0 aliphatic carbocycles. The lowest BCUT2D eigenvalue weighted by Gasteiger charge is -2.29. The zero-order chi connectivity index (χ0) is 26.9. The quantitative estimate of drug-likeness (QED) is 0.245. The lowest BCUT2D eigenvalue weighted by molar-refractivity contribution is -0.126. The third kappa shape index (κ3) is 4.56. The molecule has 0 radical (unpaired) electrons. The molecule has 0 unspecified atom stereocenters. The Bertz CT molecular complexity index is 1500. The maximum Gasteiger partial charge on any atom is 0.266 e. The molecule has 2 heterocycles. The molecule has 196 valence electrons. The van der Waals surface area contributed by atoms with Gasteiger partial charge in [-0.05, 0) is 47.5 Å². The van der Waals surface area contributed by atoms with Gasteiger partial charge in [0.05, 0.1) is 24.5 Å². The van der Waals surface area contributed by atoms with Crippen LogP contribution in [0.1, 0.15) is 17.2 Å². The van der Waals surface area contributed by atoms with E-state index in [1.807, 2.05) is 78.9 Å². The van der Waals surface area contributed by atoms with E-state index in [1.54, 1.807) is 36.4 Å². The summed E-state index contributed by atoms with van der Waals surface area (Å²) in [5, 5.41) is 1.66.